The molecule has 1 fully saturated rings. The summed E-state index contributed by atoms with van der Waals surface area (Å²) in [6.45, 7) is 14.1. The SMILES string of the molecule is Cc1ccc(F)c(Nc2n[nH]c3c2CN(C(=O)N2CC(C)(C)N(C)C[C@@H]2C)C3(C)C)n1. The molecule has 2 aliphatic rings. The molecule has 2 aromatic rings. The second-order valence-electron chi connectivity index (χ2n) is 9.93. The molecule has 0 spiro atoms. The summed E-state index contributed by atoms with van der Waals surface area (Å²) in [5, 5.41) is 10.4. The lowest BCUT2D eigenvalue weighted by atomic mass is 9.96. The van der Waals surface area contributed by atoms with Crippen LogP contribution in [0.5, 0.6) is 0 Å². The predicted octanol–water partition coefficient (Wildman–Crippen LogP) is 3.58. The van der Waals surface area contributed by atoms with Crippen LogP contribution in [0, 0.1) is 12.7 Å². The summed E-state index contributed by atoms with van der Waals surface area (Å²) in [7, 11) is 2.10. The summed E-state index contributed by atoms with van der Waals surface area (Å²) in [6.07, 6.45) is 0. The quantitative estimate of drug-likeness (QED) is 0.763. The molecule has 0 radical (unpaired) electrons. The van der Waals surface area contributed by atoms with Crippen LogP contribution < -0.4 is 5.32 Å². The van der Waals surface area contributed by atoms with E-state index in [4.69, 9.17) is 0 Å². The van der Waals surface area contributed by atoms with Crippen LogP contribution in [0.3, 0.4) is 0 Å². The standard InChI is InChI=1S/C22H32FN7O/c1-13-8-9-16(23)19(24-13)25-18-15-11-30(22(5,6)17(15)26-27-18)20(31)29-12-21(3,4)28(7)10-14(29)2/h8-9,14H,10-12H2,1-7H3,(H2,24,25,26,27)/t14-/m0/s1. The second kappa shape index (κ2) is 7.19. The average Bonchev–Trinajstić information content (AvgIpc) is 3.19. The maximum Gasteiger partial charge on any atom is 0.321 e. The average molecular weight is 430 g/mol. The molecule has 1 saturated heterocycles. The molecule has 0 saturated carbocycles. The van der Waals surface area contributed by atoms with Gasteiger partial charge in [-0.3, -0.25) is 10.00 Å². The van der Waals surface area contributed by atoms with E-state index < -0.39 is 11.4 Å². The smallest absolute Gasteiger partial charge is 0.321 e. The van der Waals surface area contributed by atoms with Crippen molar-refractivity contribution in [1.82, 2.24) is 29.9 Å². The molecule has 168 valence electrons. The number of nitrogens with zero attached hydrogens (tertiary/aromatic N) is 5. The summed E-state index contributed by atoms with van der Waals surface area (Å²) >= 11 is 0. The van der Waals surface area contributed by atoms with E-state index in [1.165, 1.54) is 6.07 Å². The third-order valence-electron chi connectivity index (χ3n) is 6.83. The lowest BCUT2D eigenvalue weighted by Gasteiger charge is -2.50. The number of piperazine rings is 1. The highest BCUT2D eigenvalue weighted by atomic mass is 19.1. The van der Waals surface area contributed by atoms with E-state index in [1.54, 1.807) is 6.07 Å². The number of likely N-dealkylation sites (N-methyl/N-ethyl adjacent to an activating group) is 1. The summed E-state index contributed by atoms with van der Waals surface area (Å²) in [5.74, 6) is 0.189. The molecular formula is C22H32FN7O. The zero-order valence-electron chi connectivity index (χ0n) is 19.4. The molecule has 4 rings (SSSR count). The zero-order chi connectivity index (χ0) is 22.7. The van der Waals surface area contributed by atoms with Crippen molar-refractivity contribution in [3.05, 3.63) is 34.9 Å². The van der Waals surface area contributed by atoms with E-state index in [-0.39, 0.29) is 23.4 Å². The third kappa shape index (κ3) is 3.54. The first-order valence-corrected chi connectivity index (χ1v) is 10.7. The number of amides is 2. The molecule has 2 aromatic heterocycles. The lowest BCUT2D eigenvalue weighted by molar-refractivity contribution is 0.00695. The van der Waals surface area contributed by atoms with Crippen molar-refractivity contribution in [2.75, 3.05) is 25.5 Å². The molecule has 4 heterocycles. The van der Waals surface area contributed by atoms with Crippen LogP contribution in [0.25, 0.3) is 0 Å². The van der Waals surface area contributed by atoms with E-state index in [9.17, 15) is 9.18 Å². The van der Waals surface area contributed by atoms with Crippen LogP contribution in [0.1, 0.15) is 51.6 Å². The number of hydrogen-bond donors (Lipinski definition) is 2. The van der Waals surface area contributed by atoms with Gasteiger partial charge in [0.25, 0.3) is 0 Å². The molecule has 9 heteroatoms. The molecule has 0 aliphatic carbocycles. The summed E-state index contributed by atoms with van der Waals surface area (Å²) in [5.41, 5.74) is 1.77. The minimum Gasteiger partial charge on any atom is -0.321 e. The molecule has 2 aliphatic heterocycles. The van der Waals surface area contributed by atoms with Gasteiger partial charge in [0.2, 0.25) is 0 Å². The monoisotopic (exact) mass is 429 g/mol. The van der Waals surface area contributed by atoms with Gasteiger partial charge in [0.15, 0.2) is 17.5 Å². The molecule has 0 unspecified atom stereocenters. The first-order chi connectivity index (χ1) is 14.4. The van der Waals surface area contributed by atoms with Gasteiger partial charge in [-0.15, -0.1) is 0 Å². The van der Waals surface area contributed by atoms with Crippen LogP contribution in [0.4, 0.5) is 20.8 Å². The number of rotatable bonds is 2. The number of carbonyl (C=O) groups is 1. The molecule has 2 N–H and O–H groups in total. The minimum absolute atomic E-state index is 0.00841. The van der Waals surface area contributed by atoms with Crippen LogP contribution in [0.15, 0.2) is 12.1 Å². The first kappa shape index (κ1) is 21.5. The van der Waals surface area contributed by atoms with Gasteiger partial charge in [0.05, 0.1) is 17.8 Å². The van der Waals surface area contributed by atoms with Crippen LogP contribution >= 0.6 is 0 Å². The Kier molecular flexibility index (Phi) is 4.99. The Morgan fingerprint density at radius 2 is 1.97 bits per heavy atom. The fourth-order valence-electron chi connectivity index (χ4n) is 4.51. The van der Waals surface area contributed by atoms with Crippen molar-refractivity contribution < 1.29 is 9.18 Å². The fourth-order valence-corrected chi connectivity index (χ4v) is 4.51. The molecular weight excluding hydrogens is 397 g/mol. The molecule has 0 bridgehead atoms. The second-order valence-corrected chi connectivity index (χ2v) is 9.93. The maximum absolute atomic E-state index is 14.2. The van der Waals surface area contributed by atoms with Crippen molar-refractivity contribution in [2.24, 2.45) is 0 Å². The zero-order valence-corrected chi connectivity index (χ0v) is 19.4. The molecule has 31 heavy (non-hydrogen) atoms. The third-order valence-corrected chi connectivity index (χ3v) is 6.83. The van der Waals surface area contributed by atoms with Gasteiger partial charge in [0, 0.05) is 35.9 Å². The van der Waals surface area contributed by atoms with Crippen molar-refractivity contribution in [3.63, 3.8) is 0 Å². The highest BCUT2D eigenvalue weighted by Crippen LogP contribution is 2.42. The highest BCUT2D eigenvalue weighted by Gasteiger charge is 2.47. The topological polar surface area (TPSA) is 80.4 Å². The lowest BCUT2D eigenvalue weighted by Crippen LogP contribution is -2.65. The van der Waals surface area contributed by atoms with Gasteiger partial charge in [0.1, 0.15) is 0 Å². The van der Waals surface area contributed by atoms with E-state index in [0.717, 1.165) is 17.8 Å². The van der Waals surface area contributed by atoms with E-state index in [0.29, 0.717) is 24.6 Å². The number of aromatic amines is 1. The Hall–Kier alpha value is -2.68. The van der Waals surface area contributed by atoms with E-state index in [1.807, 2.05) is 30.6 Å². The Balaban J connectivity index is 1.60. The first-order valence-electron chi connectivity index (χ1n) is 10.7. The van der Waals surface area contributed by atoms with Crippen LogP contribution in [0.2, 0.25) is 0 Å². The fraction of sp³-hybridized carbons (Fsp3) is 0.591. The number of pyridine rings is 1. The summed E-state index contributed by atoms with van der Waals surface area (Å²) in [4.78, 5) is 24.0. The number of nitrogens with one attached hydrogen (secondary N) is 2. The van der Waals surface area contributed by atoms with Crippen molar-refractivity contribution >= 4 is 17.7 Å². The number of aryl methyl sites for hydroxylation is 1. The molecule has 2 amide bonds. The van der Waals surface area contributed by atoms with Crippen LogP contribution in [-0.4, -0.2) is 67.6 Å². The number of fused-ring (bicyclic) bond motifs is 1. The number of aromatic nitrogens is 3. The van der Waals surface area contributed by atoms with Crippen molar-refractivity contribution in [1.29, 1.82) is 0 Å². The van der Waals surface area contributed by atoms with Crippen molar-refractivity contribution in [3.8, 4) is 0 Å². The summed E-state index contributed by atoms with van der Waals surface area (Å²) < 4.78 is 14.2. The Morgan fingerprint density at radius 3 is 2.68 bits per heavy atom. The highest BCUT2D eigenvalue weighted by molar-refractivity contribution is 5.78. The van der Waals surface area contributed by atoms with E-state index in [2.05, 4.69) is 53.2 Å². The maximum atomic E-state index is 14.2. The number of halogens is 1. The molecule has 8 nitrogen and oxygen atoms in total. The Labute approximate surface area is 182 Å². The normalized spacial score (nSPS) is 22.5. The van der Waals surface area contributed by atoms with E-state index >= 15 is 0 Å². The van der Waals surface area contributed by atoms with Gasteiger partial charge >= 0.3 is 6.03 Å². The van der Waals surface area contributed by atoms with Gasteiger partial charge in [-0.05, 0) is 60.7 Å². The van der Waals surface area contributed by atoms with Crippen molar-refractivity contribution in [2.45, 2.75) is 65.2 Å². The molecule has 1 atom stereocenters. The Bertz CT molecular complexity index is 1020. The van der Waals surface area contributed by atoms with Gasteiger partial charge in [-0.25, -0.2) is 14.2 Å². The number of carbonyl (C=O) groups excluding carboxylic acids is 1. The van der Waals surface area contributed by atoms with Gasteiger partial charge in [-0.1, -0.05) is 0 Å². The minimum atomic E-state index is -0.564. The largest absolute Gasteiger partial charge is 0.321 e. The number of H-pyrrole nitrogens is 1. The number of urea groups is 1. The van der Waals surface area contributed by atoms with Gasteiger partial charge < -0.3 is 15.1 Å². The summed E-state index contributed by atoms with van der Waals surface area (Å²) in [6, 6.07) is 3.13. The Morgan fingerprint density at radius 1 is 1.26 bits per heavy atom. The molecule has 0 aromatic carbocycles. The number of anilines is 2. The van der Waals surface area contributed by atoms with Gasteiger partial charge in [-0.2, -0.15) is 5.10 Å². The number of hydrogen-bond acceptors (Lipinski definition) is 5. The predicted molar refractivity (Wildman–Crippen MR) is 118 cm³/mol. The van der Waals surface area contributed by atoms with Crippen LogP contribution in [-0.2, 0) is 12.1 Å².